The molecule has 4 heterocycles. The van der Waals surface area contributed by atoms with E-state index in [9.17, 15) is 4.79 Å². The van der Waals surface area contributed by atoms with Crippen LogP contribution in [0.4, 0.5) is 5.95 Å². The first-order chi connectivity index (χ1) is 16.6. The first-order valence-electron chi connectivity index (χ1n) is 11.1. The highest BCUT2D eigenvalue weighted by Crippen LogP contribution is 2.30. The molecule has 0 atom stereocenters. The van der Waals surface area contributed by atoms with E-state index in [0.717, 1.165) is 44.3 Å². The smallest absolute Gasteiger partial charge is 0.264 e. The van der Waals surface area contributed by atoms with E-state index in [0.29, 0.717) is 31.2 Å². The van der Waals surface area contributed by atoms with Crippen molar-refractivity contribution in [1.82, 2.24) is 24.5 Å². The summed E-state index contributed by atoms with van der Waals surface area (Å²) in [4.78, 5) is 22.7. The zero-order chi connectivity index (χ0) is 23.2. The molecule has 0 radical (unpaired) electrons. The number of anilines is 1. The topological polar surface area (TPSA) is 66.6 Å². The number of nitrogens with zero attached hydrogens (tertiary/aromatic N) is 6. The Bertz CT molecular complexity index is 1520. The van der Waals surface area contributed by atoms with Crippen LogP contribution in [0.3, 0.4) is 0 Å². The summed E-state index contributed by atoms with van der Waals surface area (Å²) in [5.41, 5.74) is 3.65. The predicted octanol–water partition coefficient (Wildman–Crippen LogP) is 4.93. The van der Waals surface area contributed by atoms with Gasteiger partial charge in [-0.05, 0) is 42.6 Å². The number of carbonyl (C=O) groups excluding carboxylic acids is 1. The third-order valence-electron chi connectivity index (χ3n) is 6.14. The summed E-state index contributed by atoms with van der Waals surface area (Å²) in [7, 11) is 0. The maximum Gasteiger partial charge on any atom is 0.264 e. The molecule has 1 fully saturated rings. The van der Waals surface area contributed by atoms with Gasteiger partial charge in [-0.3, -0.25) is 4.79 Å². The van der Waals surface area contributed by atoms with Crippen molar-refractivity contribution in [2.24, 2.45) is 0 Å². The Morgan fingerprint density at radius 1 is 1.00 bits per heavy atom. The first kappa shape index (κ1) is 21.1. The van der Waals surface area contributed by atoms with Gasteiger partial charge in [-0.1, -0.05) is 41.4 Å². The number of aromatic nitrogens is 4. The highest BCUT2D eigenvalue weighted by molar-refractivity contribution is 7.12. The van der Waals surface area contributed by atoms with Gasteiger partial charge in [0.2, 0.25) is 5.95 Å². The normalized spacial score (nSPS) is 14.3. The Balaban J connectivity index is 1.44. The van der Waals surface area contributed by atoms with Gasteiger partial charge in [0.15, 0.2) is 11.5 Å². The van der Waals surface area contributed by atoms with Crippen LogP contribution in [0.15, 0.2) is 60.0 Å². The second-order valence-corrected chi connectivity index (χ2v) is 9.77. The molecular formula is C25H21ClN6OS. The number of thiophene rings is 1. The van der Waals surface area contributed by atoms with E-state index in [1.807, 2.05) is 57.1 Å². The summed E-state index contributed by atoms with van der Waals surface area (Å²) >= 11 is 7.77. The van der Waals surface area contributed by atoms with E-state index in [-0.39, 0.29) is 5.91 Å². The van der Waals surface area contributed by atoms with Gasteiger partial charge in [-0.25, -0.2) is 9.38 Å². The number of aryl methyl sites for hydroxylation is 1. The SMILES string of the molecule is Cc1cccc(-c2nnc3c4ccc(Cl)cc4nc(N4CCN(C(=O)c5cccs5)CC4)n23)c1. The number of rotatable bonds is 3. The van der Waals surface area contributed by atoms with E-state index < -0.39 is 0 Å². The van der Waals surface area contributed by atoms with Crippen LogP contribution in [0.5, 0.6) is 0 Å². The highest BCUT2D eigenvalue weighted by atomic mass is 35.5. The molecule has 0 N–H and O–H groups in total. The lowest BCUT2D eigenvalue weighted by atomic mass is 10.1. The van der Waals surface area contributed by atoms with Crippen LogP contribution in [0.1, 0.15) is 15.2 Å². The lowest BCUT2D eigenvalue weighted by molar-refractivity contribution is 0.0751. The van der Waals surface area contributed by atoms with E-state index >= 15 is 0 Å². The van der Waals surface area contributed by atoms with Gasteiger partial charge in [-0.15, -0.1) is 21.5 Å². The van der Waals surface area contributed by atoms with Gasteiger partial charge >= 0.3 is 0 Å². The molecule has 6 rings (SSSR count). The summed E-state index contributed by atoms with van der Waals surface area (Å²) in [6, 6.07) is 17.7. The summed E-state index contributed by atoms with van der Waals surface area (Å²) in [6.07, 6.45) is 0. The molecule has 9 heteroatoms. The van der Waals surface area contributed by atoms with Crippen molar-refractivity contribution in [2.45, 2.75) is 6.92 Å². The van der Waals surface area contributed by atoms with Crippen molar-refractivity contribution in [3.8, 4) is 11.4 Å². The molecule has 0 bridgehead atoms. The van der Waals surface area contributed by atoms with Crippen molar-refractivity contribution < 1.29 is 4.79 Å². The summed E-state index contributed by atoms with van der Waals surface area (Å²) in [6.45, 7) is 4.63. The van der Waals surface area contributed by atoms with Crippen molar-refractivity contribution in [1.29, 1.82) is 0 Å². The number of piperazine rings is 1. The molecular weight excluding hydrogens is 468 g/mol. The minimum absolute atomic E-state index is 0.0859. The Kier molecular flexibility index (Phi) is 5.19. The summed E-state index contributed by atoms with van der Waals surface area (Å²) in [5, 5.41) is 12.6. The van der Waals surface area contributed by atoms with Crippen LogP contribution in [-0.2, 0) is 0 Å². The molecule has 3 aromatic heterocycles. The van der Waals surface area contributed by atoms with Gasteiger partial charge < -0.3 is 9.80 Å². The van der Waals surface area contributed by atoms with E-state index in [2.05, 4.69) is 34.2 Å². The Morgan fingerprint density at radius 3 is 2.62 bits per heavy atom. The number of amides is 1. The zero-order valence-corrected chi connectivity index (χ0v) is 20.1. The fourth-order valence-electron chi connectivity index (χ4n) is 4.44. The molecule has 0 spiro atoms. The number of benzene rings is 2. The van der Waals surface area contributed by atoms with Crippen LogP contribution >= 0.6 is 22.9 Å². The minimum Gasteiger partial charge on any atom is -0.338 e. The zero-order valence-electron chi connectivity index (χ0n) is 18.5. The molecule has 0 unspecified atom stereocenters. The van der Waals surface area contributed by atoms with Gasteiger partial charge in [0.1, 0.15) is 0 Å². The second kappa shape index (κ2) is 8.38. The molecule has 0 saturated carbocycles. The number of carbonyl (C=O) groups is 1. The largest absolute Gasteiger partial charge is 0.338 e. The van der Waals surface area contributed by atoms with Crippen LogP contribution in [-0.4, -0.2) is 56.6 Å². The number of halogens is 1. The fourth-order valence-corrected chi connectivity index (χ4v) is 5.30. The number of fused-ring (bicyclic) bond motifs is 3. The molecule has 1 aliphatic heterocycles. The van der Waals surface area contributed by atoms with Gasteiger partial charge in [0, 0.05) is 42.2 Å². The Labute approximate surface area is 205 Å². The third-order valence-corrected chi connectivity index (χ3v) is 7.24. The van der Waals surface area contributed by atoms with Gasteiger partial charge in [-0.2, -0.15) is 0 Å². The molecule has 170 valence electrons. The molecule has 2 aromatic carbocycles. The third kappa shape index (κ3) is 3.59. The van der Waals surface area contributed by atoms with E-state index in [1.54, 1.807) is 0 Å². The Hall–Kier alpha value is -3.49. The van der Waals surface area contributed by atoms with Gasteiger partial charge in [0.05, 0.1) is 10.4 Å². The number of hydrogen-bond acceptors (Lipinski definition) is 6. The molecule has 1 amide bonds. The first-order valence-corrected chi connectivity index (χ1v) is 12.3. The highest BCUT2D eigenvalue weighted by Gasteiger charge is 2.27. The van der Waals surface area contributed by atoms with Crippen molar-refractivity contribution in [3.63, 3.8) is 0 Å². The number of hydrogen-bond donors (Lipinski definition) is 0. The fraction of sp³-hybridized carbons (Fsp3) is 0.200. The van der Waals surface area contributed by atoms with Crippen molar-refractivity contribution >= 4 is 51.3 Å². The molecule has 1 aliphatic rings. The molecule has 5 aromatic rings. The average Bonchev–Trinajstić information content (AvgIpc) is 3.54. The second-order valence-electron chi connectivity index (χ2n) is 8.38. The van der Waals surface area contributed by atoms with Crippen LogP contribution in [0.2, 0.25) is 5.02 Å². The monoisotopic (exact) mass is 488 g/mol. The predicted molar refractivity (Wildman–Crippen MR) is 136 cm³/mol. The van der Waals surface area contributed by atoms with E-state index in [4.69, 9.17) is 16.6 Å². The molecule has 0 aliphatic carbocycles. The maximum absolute atomic E-state index is 12.8. The van der Waals surface area contributed by atoms with Crippen LogP contribution in [0, 0.1) is 6.92 Å². The standard InChI is InChI=1S/C25H21ClN6OS/c1-16-4-2-5-17(14-16)22-28-29-23-19-8-7-18(26)15-20(19)27-25(32(22)23)31-11-9-30(10-12-31)24(33)21-6-3-13-34-21/h2-8,13-15H,9-12H2,1H3. The Morgan fingerprint density at radius 2 is 1.85 bits per heavy atom. The van der Waals surface area contributed by atoms with Gasteiger partial charge in [0.25, 0.3) is 5.91 Å². The summed E-state index contributed by atoms with van der Waals surface area (Å²) in [5.74, 6) is 1.59. The lowest BCUT2D eigenvalue weighted by Gasteiger charge is -2.35. The van der Waals surface area contributed by atoms with Crippen LogP contribution < -0.4 is 4.90 Å². The summed E-state index contributed by atoms with van der Waals surface area (Å²) < 4.78 is 2.03. The van der Waals surface area contributed by atoms with Crippen molar-refractivity contribution in [2.75, 3.05) is 31.1 Å². The quantitative estimate of drug-likeness (QED) is 0.360. The molecule has 34 heavy (non-hydrogen) atoms. The average molecular weight is 489 g/mol. The molecule has 7 nitrogen and oxygen atoms in total. The van der Waals surface area contributed by atoms with Crippen LogP contribution in [0.25, 0.3) is 27.9 Å². The maximum atomic E-state index is 12.8. The minimum atomic E-state index is 0.0859. The lowest BCUT2D eigenvalue weighted by Crippen LogP contribution is -2.49. The van der Waals surface area contributed by atoms with E-state index in [1.165, 1.54) is 11.3 Å². The van der Waals surface area contributed by atoms with Crippen molar-refractivity contribution in [3.05, 3.63) is 75.4 Å². The molecule has 1 saturated heterocycles.